The zero-order valence-corrected chi connectivity index (χ0v) is 12.8. The zero-order valence-electron chi connectivity index (χ0n) is 12.8. The third-order valence-corrected chi connectivity index (χ3v) is 3.96. The highest BCUT2D eigenvalue weighted by Crippen LogP contribution is 2.29. The van der Waals surface area contributed by atoms with Gasteiger partial charge in [-0.2, -0.15) is 0 Å². The molecule has 2 aliphatic rings. The van der Waals surface area contributed by atoms with Crippen LogP contribution in [-0.4, -0.2) is 78.5 Å². The van der Waals surface area contributed by atoms with Crippen LogP contribution in [0.1, 0.15) is 10.4 Å². The summed E-state index contributed by atoms with van der Waals surface area (Å²) in [5.41, 5.74) is 0.566. The summed E-state index contributed by atoms with van der Waals surface area (Å²) in [5.74, 6) is -1.30. The van der Waals surface area contributed by atoms with Crippen LogP contribution in [0.4, 0.5) is 0 Å². The van der Waals surface area contributed by atoms with E-state index in [-0.39, 0.29) is 45.4 Å². The molecule has 0 radical (unpaired) electrons. The van der Waals surface area contributed by atoms with E-state index < -0.39 is 18.0 Å². The van der Waals surface area contributed by atoms with Gasteiger partial charge in [-0.05, 0) is 12.1 Å². The fourth-order valence-corrected chi connectivity index (χ4v) is 2.94. The van der Waals surface area contributed by atoms with Gasteiger partial charge in [0.25, 0.3) is 5.91 Å². The first-order valence-electron chi connectivity index (χ1n) is 7.65. The van der Waals surface area contributed by atoms with Gasteiger partial charge in [0.05, 0.1) is 26.4 Å². The Morgan fingerprint density at radius 3 is 2.57 bits per heavy atom. The molecule has 1 aromatic carbocycles. The quantitative estimate of drug-likeness (QED) is 0.789. The lowest BCUT2D eigenvalue weighted by Gasteiger charge is -2.48. The Labute approximate surface area is 134 Å². The van der Waals surface area contributed by atoms with Gasteiger partial charge in [-0.3, -0.25) is 4.79 Å². The smallest absolute Gasteiger partial charge is 0.254 e. The summed E-state index contributed by atoms with van der Waals surface area (Å²) < 4.78 is 17.1. The number of aliphatic hydroxyl groups is 2. The number of rotatable bonds is 3. The van der Waals surface area contributed by atoms with Gasteiger partial charge >= 0.3 is 0 Å². The molecule has 0 bridgehead atoms. The summed E-state index contributed by atoms with van der Waals surface area (Å²) in [7, 11) is 0. The van der Waals surface area contributed by atoms with Gasteiger partial charge in [-0.15, -0.1) is 0 Å². The highest BCUT2D eigenvalue weighted by atomic mass is 16.7. The Morgan fingerprint density at radius 1 is 1.17 bits per heavy atom. The molecule has 3 unspecified atom stereocenters. The molecule has 23 heavy (non-hydrogen) atoms. The molecule has 1 spiro atoms. The highest BCUT2D eigenvalue weighted by molar-refractivity contribution is 5.94. The summed E-state index contributed by atoms with van der Waals surface area (Å²) in [5, 5.41) is 18.8. The molecule has 0 aliphatic carbocycles. The van der Waals surface area contributed by atoms with Crippen molar-refractivity contribution in [3.8, 4) is 0 Å². The van der Waals surface area contributed by atoms with Gasteiger partial charge in [-0.25, -0.2) is 0 Å². The Hall–Kier alpha value is -1.51. The van der Waals surface area contributed by atoms with E-state index in [0.717, 1.165) is 0 Å². The second-order valence-corrected chi connectivity index (χ2v) is 5.82. The van der Waals surface area contributed by atoms with Crippen molar-refractivity contribution in [2.45, 2.75) is 18.0 Å². The zero-order chi connectivity index (χ0) is 16.3. The molecule has 2 heterocycles. The summed E-state index contributed by atoms with van der Waals surface area (Å²) in [6.45, 7) is 0.471. The van der Waals surface area contributed by atoms with Gasteiger partial charge in [-0.1, -0.05) is 18.2 Å². The number of ether oxygens (including phenoxy) is 3. The van der Waals surface area contributed by atoms with Crippen LogP contribution in [0.3, 0.4) is 0 Å². The Bertz CT molecular complexity index is 535. The molecule has 3 rings (SSSR count). The van der Waals surface area contributed by atoms with Crippen LogP contribution >= 0.6 is 0 Å². The molecule has 2 fully saturated rings. The number of morpholine rings is 1. The van der Waals surface area contributed by atoms with Crippen molar-refractivity contribution < 1.29 is 29.2 Å². The number of carbonyl (C=O) groups excluding carboxylic acids is 1. The van der Waals surface area contributed by atoms with Crippen LogP contribution in [0.15, 0.2) is 30.3 Å². The second-order valence-electron chi connectivity index (χ2n) is 5.82. The SMILES string of the molecule is O=C(c1ccccc1)N1CC(CO)OC2(COCC(CO)O2)C1. The molecule has 0 saturated carbocycles. The van der Waals surface area contributed by atoms with Gasteiger partial charge < -0.3 is 29.3 Å². The van der Waals surface area contributed by atoms with Gasteiger partial charge in [0.2, 0.25) is 5.79 Å². The molecule has 126 valence electrons. The minimum absolute atomic E-state index is 0.151. The lowest BCUT2D eigenvalue weighted by Crippen LogP contribution is -2.64. The second kappa shape index (κ2) is 6.94. The average molecular weight is 323 g/mol. The molecule has 2 saturated heterocycles. The molecule has 3 atom stereocenters. The van der Waals surface area contributed by atoms with Crippen molar-refractivity contribution in [2.75, 3.05) is 39.5 Å². The van der Waals surface area contributed by atoms with Gasteiger partial charge in [0.1, 0.15) is 18.8 Å². The predicted molar refractivity (Wildman–Crippen MR) is 79.8 cm³/mol. The Morgan fingerprint density at radius 2 is 1.87 bits per heavy atom. The van der Waals surface area contributed by atoms with Gasteiger partial charge in [0.15, 0.2) is 0 Å². The van der Waals surface area contributed by atoms with E-state index in [1.807, 2.05) is 6.07 Å². The van der Waals surface area contributed by atoms with Crippen molar-refractivity contribution in [1.82, 2.24) is 4.90 Å². The van der Waals surface area contributed by atoms with Crippen molar-refractivity contribution >= 4 is 5.91 Å². The van der Waals surface area contributed by atoms with Crippen molar-refractivity contribution in [2.24, 2.45) is 0 Å². The van der Waals surface area contributed by atoms with E-state index in [4.69, 9.17) is 14.2 Å². The molecule has 7 heteroatoms. The molecular formula is C16H21NO6. The van der Waals surface area contributed by atoms with Crippen molar-refractivity contribution in [1.29, 1.82) is 0 Å². The average Bonchev–Trinajstić information content (AvgIpc) is 2.61. The Balaban J connectivity index is 1.80. The topological polar surface area (TPSA) is 88.5 Å². The van der Waals surface area contributed by atoms with E-state index in [1.165, 1.54) is 0 Å². The van der Waals surface area contributed by atoms with Crippen LogP contribution in [0.2, 0.25) is 0 Å². The van der Waals surface area contributed by atoms with Crippen LogP contribution in [0.25, 0.3) is 0 Å². The largest absolute Gasteiger partial charge is 0.394 e. The predicted octanol–water partition coefficient (Wildman–Crippen LogP) is -0.376. The fraction of sp³-hybridized carbons (Fsp3) is 0.562. The summed E-state index contributed by atoms with van der Waals surface area (Å²) in [6, 6.07) is 8.93. The van der Waals surface area contributed by atoms with Gasteiger partial charge in [0, 0.05) is 12.1 Å². The molecule has 2 N–H and O–H groups in total. The molecule has 0 aromatic heterocycles. The third-order valence-electron chi connectivity index (χ3n) is 3.96. The monoisotopic (exact) mass is 323 g/mol. The number of nitrogens with zero attached hydrogens (tertiary/aromatic N) is 1. The minimum Gasteiger partial charge on any atom is -0.394 e. The van der Waals surface area contributed by atoms with Crippen molar-refractivity contribution in [3.05, 3.63) is 35.9 Å². The number of aliphatic hydroxyl groups excluding tert-OH is 2. The lowest BCUT2D eigenvalue weighted by atomic mass is 10.1. The fourth-order valence-electron chi connectivity index (χ4n) is 2.94. The molecule has 1 amide bonds. The van der Waals surface area contributed by atoms with Crippen LogP contribution < -0.4 is 0 Å². The number of hydrogen-bond acceptors (Lipinski definition) is 6. The maximum atomic E-state index is 12.7. The van der Waals surface area contributed by atoms with Crippen molar-refractivity contribution in [3.63, 3.8) is 0 Å². The first-order valence-corrected chi connectivity index (χ1v) is 7.65. The number of hydrogen-bond donors (Lipinski definition) is 2. The van der Waals surface area contributed by atoms with Crippen LogP contribution in [-0.2, 0) is 14.2 Å². The van der Waals surface area contributed by atoms with E-state index in [2.05, 4.69) is 0 Å². The molecule has 7 nitrogen and oxygen atoms in total. The van der Waals surface area contributed by atoms with Crippen LogP contribution in [0, 0.1) is 0 Å². The van der Waals surface area contributed by atoms with E-state index in [1.54, 1.807) is 29.2 Å². The molecule has 2 aliphatic heterocycles. The van der Waals surface area contributed by atoms with E-state index in [0.29, 0.717) is 5.56 Å². The third kappa shape index (κ3) is 3.54. The summed E-state index contributed by atoms with van der Waals surface area (Å²) in [4.78, 5) is 14.3. The maximum absolute atomic E-state index is 12.7. The number of amides is 1. The maximum Gasteiger partial charge on any atom is 0.254 e. The number of benzene rings is 1. The standard InChI is InChI=1S/C16H21NO6/c18-7-13-6-17(15(20)12-4-2-1-3-5-12)10-16(22-13)11-21-9-14(8-19)23-16/h1-5,13-14,18-19H,6-11H2. The first-order chi connectivity index (χ1) is 11.2. The first kappa shape index (κ1) is 16.4. The normalized spacial score (nSPS) is 31.3. The molecule has 1 aromatic rings. The highest BCUT2D eigenvalue weighted by Gasteiger charge is 2.47. The Kier molecular flexibility index (Phi) is 4.93. The van der Waals surface area contributed by atoms with E-state index >= 15 is 0 Å². The summed E-state index contributed by atoms with van der Waals surface area (Å²) in [6.07, 6.45) is -1.06. The number of carbonyl (C=O) groups is 1. The minimum atomic E-state index is -1.15. The molecular weight excluding hydrogens is 302 g/mol. The lowest BCUT2D eigenvalue weighted by molar-refractivity contribution is -0.353. The summed E-state index contributed by atoms with van der Waals surface area (Å²) >= 11 is 0. The van der Waals surface area contributed by atoms with Crippen LogP contribution in [0.5, 0.6) is 0 Å². The van der Waals surface area contributed by atoms with E-state index in [9.17, 15) is 15.0 Å².